The number of amides is 1. The van der Waals surface area contributed by atoms with Crippen molar-refractivity contribution in [2.24, 2.45) is 0 Å². The van der Waals surface area contributed by atoms with E-state index in [1.807, 2.05) is 0 Å². The van der Waals surface area contributed by atoms with Crippen LogP contribution in [0.15, 0.2) is 18.2 Å². The number of rotatable bonds is 3. The fourth-order valence-corrected chi connectivity index (χ4v) is 2.00. The van der Waals surface area contributed by atoms with Crippen molar-refractivity contribution in [3.63, 3.8) is 0 Å². The van der Waals surface area contributed by atoms with Crippen LogP contribution >= 0.6 is 0 Å². The lowest BCUT2D eigenvalue weighted by Crippen LogP contribution is -2.47. The highest BCUT2D eigenvalue weighted by Crippen LogP contribution is 2.32. The Morgan fingerprint density at radius 2 is 2.19 bits per heavy atom. The highest BCUT2D eigenvalue weighted by atomic mass is 19.4. The van der Waals surface area contributed by atoms with Gasteiger partial charge in [-0.2, -0.15) is 13.2 Å². The quantitative estimate of drug-likeness (QED) is 0.831. The van der Waals surface area contributed by atoms with Crippen LogP contribution in [0.25, 0.3) is 0 Å². The predicted octanol–water partition coefficient (Wildman–Crippen LogP) is 1.45. The average molecular weight is 306 g/mol. The maximum absolute atomic E-state index is 13.0. The van der Waals surface area contributed by atoms with E-state index in [2.05, 4.69) is 10.6 Å². The summed E-state index contributed by atoms with van der Waals surface area (Å²) in [6.07, 6.45) is -5.40. The highest BCUT2D eigenvalue weighted by Gasteiger charge is 2.34. The Labute approximate surface area is 118 Å². The van der Waals surface area contributed by atoms with Crippen molar-refractivity contribution < 1.29 is 27.1 Å². The highest BCUT2D eigenvalue weighted by molar-refractivity contribution is 5.81. The van der Waals surface area contributed by atoms with E-state index in [9.17, 15) is 22.4 Å². The van der Waals surface area contributed by atoms with Crippen LogP contribution in [0.5, 0.6) is 0 Å². The summed E-state index contributed by atoms with van der Waals surface area (Å²) in [5.74, 6) is -1.48. The Hall–Kier alpha value is -1.67. The molecule has 1 aliphatic heterocycles. The average Bonchev–Trinajstić information content (AvgIpc) is 2.45. The monoisotopic (exact) mass is 306 g/mol. The van der Waals surface area contributed by atoms with Crippen LogP contribution in [0.3, 0.4) is 0 Å². The molecular weight excluding hydrogens is 292 g/mol. The minimum atomic E-state index is -4.68. The van der Waals surface area contributed by atoms with Crippen molar-refractivity contribution in [2.45, 2.75) is 18.8 Å². The van der Waals surface area contributed by atoms with E-state index < -0.39 is 29.6 Å². The molecule has 0 bridgehead atoms. The topological polar surface area (TPSA) is 50.4 Å². The molecule has 0 aliphatic carbocycles. The summed E-state index contributed by atoms with van der Waals surface area (Å²) in [6, 6.07) is 2.36. The van der Waals surface area contributed by atoms with E-state index in [0.29, 0.717) is 25.8 Å². The van der Waals surface area contributed by atoms with E-state index >= 15 is 0 Å². The molecule has 0 radical (unpaired) electrons. The second kappa shape index (κ2) is 6.40. The summed E-state index contributed by atoms with van der Waals surface area (Å²) >= 11 is 0. The van der Waals surface area contributed by atoms with Crippen molar-refractivity contribution in [2.75, 3.05) is 19.7 Å². The lowest BCUT2D eigenvalue weighted by atomic mass is 10.1. The number of nitrogens with one attached hydrogen (secondary N) is 2. The summed E-state index contributed by atoms with van der Waals surface area (Å²) in [7, 11) is 0. The zero-order valence-corrected chi connectivity index (χ0v) is 11.0. The summed E-state index contributed by atoms with van der Waals surface area (Å²) < 4.78 is 56.5. The molecule has 21 heavy (non-hydrogen) atoms. The summed E-state index contributed by atoms with van der Waals surface area (Å²) in [5, 5.41) is 5.32. The second-order valence-electron chi connectivity index (χ2n) is 4.58. The summed E-state index contributed by atoms with van der Waals surface area (Å²) in [4.78, 5) is 11.8. The molecule has 1 aromatic carbocycles. The zero-order valence-electron chi connectivity index (χ0n) is 11.0. The first-order chi connectivity index (χ1) is 9.88. The van der Waals surface area contributed by atoms with E-state index in [1.54, 1.807) is 0 Å². The third-order valence-corrected chi connectivity index (χ3v) is 3.05. The summed E-state index contributed by atoms with van der Waals surface area (Å²) in [6.45, 7) is 0.956. The zero-order chi connectivity index (χ0) is 15.5. The molecule has 2 N–H and O–H groups in total. The normalized spacial score (nSPS) is 19.3. The smallest absolute Gasteiger partial charge is 0.366 e. The van der Waals surface area contributed by atoms with E-state index in [1.165, 1.54) is 0 Å². The molecule has 1 saturated heterocycles. The van der Waals surface area contributed by atoms with Gasteiger partial charge in [0.25, 0.3) is 5.91 Å². The van der Waals surface area contributed by atoms with Gasteiger partial charge in [0.15, 0.2) is 0 Å². The Bertz CT molecular complexity index is 513. The minimum Gasteiger partial charge on any atom is -0.366 e. The standard InChI is InChI=1S/C13H14F4N2O2/c14-9-2-1-8(10(5-9)13(15,16)17)6-19-12(20)11-7-18-3-4-21-11/h1-2,5,11,18H,3-4,6-7H2,(H,19,20). The van der Waals surface area contributed by atoms with Crippen molar-refractivity contribution >= 4 is 5.91 Å². The van der Waals surface area contributed by atoms with Crippen LogP contribution in [0, 0.1) is 5.82 Å². The van der Waals surface area contributed by atoms with Gasteiger partial charge in [-0.1, -0.05) is 6.07 Å². The second-order valence-corrected chi connectivity index (χ2v) is 4.58. The molecule has 0 aromatic heterocycles. The number of ether oxygens (including phenoxy) is 1. The van der Waals surface area contributed by atoms with Crippen LogP contribution in [0.1, 0.15) is 11.1 Å². The van der Waals surface area contributed by atoms with Gasteiger partial charge in [0, 0.05) is 19.6 Å². The molecule has 0 saturated carbocycles. The van der Waals surface area contributed by atoms with Gasteiger partial charge in [-0.15, -0.1) is 0 Å². The molecule has 1 unspecified atom stereocenters. The molecular formula is C13H14F4N2O2. The number of hydrogen-bond acceptors (Lipinski definition) is 3. The van der Waals surface area contributed by atoms with Gasteiger partial charge in [0.1, 0.15) is 11.9 Å². The number of carbonyl (C=O) groups excluding carboxylic acids is 1. The lowest BCUT2D eigenvalue weighted by Gasteiger charge is -2.23. The predicted molar refractivity (Wildman–Crippen MR) is 65.9 cm³/mol. The molecule has 4 nitrogen and oxygen atoms in total. The third kappa shape index (κ3) is 4.15. The van der Waals surface area contributed by atoms with Gasteiger partial charge >= 0.3 is 6.18 Å². The molecule has 1 atom stereocenters. The number of hydrogen-bond donors (Lipinski definition) is 2. The van der Waals surface area contributed by atoms with E-state index in [-0.39, 0.29) is 12.1 Å². The molecule has 1 aromatic rings. The minimum absolute atomic E-state index is 0.194. The van der Waals surface area contributed by atoms with Crippen molar-refractivity contribution in [1.29, 1.82) is 0 Å². The SMILES string of the molecule is O=C(NCc1ccc(F)cc1C(F)(F)F)C1CNCCO1. The molecule has 116 valence electrons. The first-order valence-corrected chi connectivity index (χ1v) is 6.33. The maximum Gasteiger partial charge on any atom is 0.416 e. The Balaban J connectivity index is 2.04. The molecule has 1 fully saturated rings. The van der Waals surface area contributed by atoms with Crippen LogP contribution in [-0.2, 0) is 22.3 Å². The van der Waals surface area contributed by atoms with Gasteiger partial charge in [-0.25, -0.2) is 4.39 Å². The third-order valence-electron chi connectivity index (χ3n) is 3.05. The summed E-state index contributed by atoms with van der Waals surface area (Å²) in [5.41, 5.74) is -1.29. The molecule has 1 heterocycles. The maximum atomic E-state index is 13.0. The molecule has 2 rings (SSSR count). The lowest BCUT2D eigenvalue weighted by molar-refractivity contribution is -0.139. The first kappa shape index (κ1) is 15.7. The number of alkyl halides is 3. The number of carbonyl (C=O) groups is 1. The van der Waals surface area contributed by atoms with Gasteiger partial charge in [0.2, 0.25) is 0 Å². The number of morpholine rings is 1. The fraction of sp³-hybridized carbons (Fsp3) is 0.462. The van der Waals surface area contributed by atoms with Crippen molar-refractivity contribution in [3.8, 4) is 0 Å². The molecule has 8 heteroatoms. The Morgan fingerprint density at radius 1 is 1.43 bits per heavy atom. The van der Waals surface area contributed by atoms with Crippen molar-refractivity contribution in [3.05, 3.63) is 35.1 Å². The van der Waals surface area contributed by atoms with Crippen LogP contribution in [-0.4, -0.2) is 31.7 Å². The number of halogens is 4. The van der Waals surface area contributed by atoms with Crippen LogP contribution < -0.4 is 10.6 Å². The fourth-order valence-electron chi connectivity index (χ4n) is 2.00. The largest absolute Gasteiger partial charge is 0.416 e. The first-order valence-electron chi connectivity index (χ1n) is 6.33. The van der Waals surface area contributed by atoms with Gasteiger partial charge in [-0.05, 0) is 17.7 Å². The molecule has 0 spiro atoms. The van der Waals surface area contributed by atoms with Crippen molar-refractivity contribution in [1.82, 2.24) is 10.6 Å². The van der Waals surface area contributed by atoms with E-state index in [0.717, 1.165) is 12.1 Å². The van der Waals surface area contributed by atoms with Gasteiger partial charge in [-0.3, -0.25) is 4.79 Å². The van der Waals surface area contributed by atoms with Crippen LogP contribution in [0.4, 0.5) is 17.6 Å². The van der Waals surface area contributed by atoms with Gasteiger partial charge in [0.05, 0.1) is 12.2 Å². The Kier molecular flexibility index (Phi) is 4.79. The molecule has 1 amide bonds. The van der Waals surface area contributed by atoms with E-state index in [4.69, 9.17) is 4.74 Å². The molecule has 1 aliphatic rings. The van der Waals surface area contributed by atoms with Crippen LogP contribution in [0.2, 0.25) is 0 Å². The Morgan fingerprint density at radius 3 is 2.81 bits per heavy atom. The van der Waals surface area contributed by atoms with Gasteiger partial charge < -0.3 is 15.4 Å². The number of benzene rings is 1.